The Kier molecular flexibility index (Phi) is 3.77. The zero-order valence-corrected chi connectivity index (χ0v) is 10.2. The summed E-state index contributed by atoms with van der Waals surface area (Å²) < 4.78 is 13.5. The molecular weight excluding hydrogens is 215 g/mol. The standard InChI is InChI=1S/C14H19FN2/c1-17(14(16)11-6-2-3-7-11)10-12-8-4-5-9-13(12)15/h4-5,8-9,11,16H,2-3,6-7,10H2,1H3. The average Bonchev–Trinajstić information content (AvgIpc) is 2.84. The van der Waals surface area contributed by atoms with Gasteiger partial charge in [0, 0.05) is 25.1 Å². The second-order valence-corrected chi connectivity index (χ2v) is 4.81. The highest BCUT2D eigenvalue weighted by atomic mass is 19.1. The molecule has 0 amide bonds. The Bertz CT molecular complexity index is 397. The molecule has 17 heavy (non-hydrogen) atoms. The van der Waals surface area contributed by atoms with Gasteiger partial charge in [-0.3, -0.25) is 5.41 Å². The normalized spacial score (nSPS) is 16.1. The van der Waals surface area contributed by atoms with Crippen LogP contribution in [-0.4, -0.2) is 17.8 Å². The minimum Gasteiger partial charge on any atom is -0.359 e. The molecule has 1 N–H and O–H groups in total. The number of halogens is 1. The second kappa shape index (κ2) is 5.30. The van der Waals surface area contributed by atoms with E-state index in [1.54, 1.807) is 12.1 Å². The molecule has 0 saturated heterocycles. The van der Waals surface area contributed by atoms with Crippen LogP contribution in [-0.2, 0) is 6.54 Å². The first-order valence-corrected chi connectivity index (χ1v) is 6.21. The molecule has 0 bridgehead atoms. The number of nitrogens with one attached hydrogen (secondary N) is 1. The molecule has 0 atom stereocenters. The minimum absolute atomic E-state index is 0.182. The Hall–Kier alpha value is -1.38. The lowest BCUT2D eigenvalue weighted by molar-refractivity contribution is 0.443. The molecule has 1 aromatic rings. The first-order chi connectivity index (χ1) is 8.18. The van der Waals surface area contributed by atoms with Gasteiger partial charge in [-0.1, -0.05) is 31.0 Å². The zero-order chi connectivity index (χ0) is 12.3. The maximum Gasteiger partial charge on any atom is 0.128 e. The quantitative estimate of drug-likeness (QED) is 0.629. The van der Waals surface area contributed by atoms with E-state index < -0.39 is 0 Å². The molecule has 92 valence electrons. The summed E-state index contributed by atoms with van der Waals surface area (Å²) in [6.07, 6.45) is 4.67. The molecule has 0 radical (unpaired) electrons. The van der Waals surface area contributed by atoms with Gasteiger partial charge in [0.05, 0.1) is 5.84 Å². The van der Waals surface area contributed by atoms with E-state index >= 15 is 0 Å². The SMILES string of the molecule is CN(Cc1ccccc1F)C(=N)C1CCCC1. The highest BCUT2D eigenvalue weighted by Gasteiger charge is 2.22. The van der Waals surface area contributed by atoms with E-state index in [-0.39, 0.29) is 5.82 Å². The van der Waals surface area contributed by atoms with Gasteiger partial charge in [-0.25, -0.2) is 4.39 Å². The van der Waals surface area contributed by atoms with Gasteiger partial charge in [-0.2, -0.15) is 0 Å². The second-order valence-electron chi connectivity index (χ2n) is 4.81. The van der Waals surface area contributed by atoms with E-state index in [0.717, 1.165) is 12.8 Å². The largest absolute Gasteiger partial charge is 0.359 e. The summed E-state index contributed by atoms with van der Waals surface area (Å²) in [7, 11) is 1.88. The van der Waals surface area contributed by atoms with Crippen LogP contribution in [0.4, 0.5) is 4.39 Å². The summed E-state index contributed by atoms with van der Waals surface area (Å²) in [6.45, 7) is 0.488. The van der Waals surface area contributed by atoms with Crippen molar-refractivity contribution < 1.29 is 4.39 Å². The van der Waals surface area contributed by atoms with Gasteiger partial charge < -0.3 is 4.90 Å². The molecule has 0 spiro atoms. The monoisotopic (exact) mass is 234 g/mol. The van der Waals surface area contributed by atoms with Crippen LogP contribution in [0.25, 0.3) is 0 Å². The molecule has 1 saturated carbocycles. The van der Waals surface area contributed by atoms with Crippen LogP contribution in [0, 0.1) is 17.1 Å². The maximum absolute atomic E-state index is 13.5. The van der Waals surface area contributed by atoms with Crippen LogP contribution in [0.1, 0.15) is 31.2 Å². The van der Waals surface area contributed by atoms with Crippen LogP contribution in [0.5, 0.6) is 0 Å². The van der Waals surface area contributed by atoms with E-state index in [9.17, 15) is 4.39 Å². The Balaban J connectivity index is 1.99. The molecule has 1 fully saturated rings. The number of nitrogens with zero attached hydrogens (tertiary/aromatic N) is 1. The van der Waals surface area contributed by atoms with Crippen molar-refractivity contribution in [1.82, 2.24) is 4.90 Å². The summed E-state index contributed by atoms with van der Waals surface area (Å²) in [4.78, 5) is 1.87. The van der Waals surface area contributed by atoms with Crippen molar-refractivity contribution in [3.05, 3.63) is 35.6 Å². The molecule has 0 heterocycles. The summed E-state index contributed by atoms with van der Waals surface area (Å²) in [5.41, 5.74) is 0.665. The fraction of sp³-hybridized carbons (Fsp3) is 0.500. The van der Waals surface area contributed by atoms with Gasteiger partial charge >= 0.3 is 0 Å². The summed E-state index contributed by atoms with van der Waals surface area (Å²) in [5.74, 6) is 0.857. The van der Waals surface area contributed by atoms with Crippen molar-refractivity contribution in [2.45, 2.75) is 32.2 Å². The third-order valence-corrected chi connectivity index (χ3v) is 3.52. The Labute approximate surface area is 102 Å². The van der Waals surface area contributed by atoms with Crippen molar-refractivity contribution in [3.8, 4) is 0 Å². The number of amidine groups is 1. The molecule has 0 unspecified atom stereocenters. The lowest BCUT2D eigenvalue weighted by Gasteiger charge is -2.24. The third-order valence-electron chi connectivity index (χ3n) is 3.52. The summed E-state index contributed by atoms with van der Waals surface area (Å²) >= 11 is 0. The third kappa shape index (κ3) is 2.84. The van der Waals surface area contributed by atoms with Crippen LogP contribution in [0.3, 0.4) is 0 Å². The van der Waals surface area contributed by atoms with Crippen LogP contribution >= 0.6 is 0 Å². The Morgan fingerprint density at radius 3 is 2.65 bits per heavy atom. The summed E-state index contributed by atoms with van der Waals surface area (Å²) in [5, 5.41) is 8.12. The predicted octanol–water partition coefficient (Wildman–Crippen LogP) is 3.42. The Morgan fingerprint density at radius 2 is 2.00 bits per heavy atom. The minimum atomic E-state index is -0.182. The summed E-state index contributed by atoms with van der Waals surface area (Å²) in [6, 6.07) is 6.79. The van der Waals surface area contributed by atoms with E-state index in [1.165, 1.54) is 18.9 Å². The lowest BCUT2D eigenvalue weighted by Crippen LogP contribution is -2.31. The van der Waals surface area contributed by atoms with Gasteiger partial charge in [0.25, 0.3) is 0 Å². The van der Waals surface area contributed by atoms with Crippen molar-refractivity contribution in [1.29, 1.82) is 5.41 Å². The van der Waals surface area contributed by atoms with E-state index in [2.05, 4.69) is 0 Å². The molecule has 3 heteroatoms. The number of hydrogen-bond donors (Lipinski definition) is 1. The van der Waals surface area contributed by atoms with Crippen molar-refractivity contribution in [2.24, 2.45) is 5.92 Å². The molecule has 1 aliphatic rings. The molecule has 2 nitrogen and oxygen atoms in total. The van der Waals surface area contributed by atoms with Crippen LogP contribution in [0.15, 0.2) is 24.3 Å². The fourth-order valence-electron chi connectivity index (χ4n) is 2.48. The van der Waals surface area contributed by atoms with Crippen molar-refractivity contribution >= 4 is 5.84 Å². The van der Waals surface area contributed by atoms with Gasteiger partial charge in [-0.15, -0.1) is 0 Å². The fourth-order valence-corrected chi connectivity index (χ4v) is 2.48. The molecular formula is C14H19FN2. The van der Waals surface area contributed by atoms with Crippen LogP contribution in [0.2, 0.25) is 0 Å². The molecule has 0 aromatic heterocycles. The molecule has 1 aromatic carbocycles. The first-order valence-electron chi connectivity index (χ1n) is 6.21. The highest BCUT2D eigenvalue weighted by Crippen LogP contribution is 2.26. The van der Waals surface area contributed by atoms with Gasteiger partial charge in [0.2, 0.25) is 0 Å². The maximum atomic E-state index is 13.5. The lowest BCUT2D eigenvalue weighted by atomic mass is 10.1. The number of hydrogen-bond acceptors (Lipinski definition) is 1. The predicted molar refractivity (Wildman–Crippen MR) is 67.6 cm³/mol. The highest BCUT2D eigenvalue weighted by molar-refractivity contribution is 5.81. The van der Waals surface area contributed by atoms with Crippen molar-refractivity contribution in [2.75, 3.05) is 7.05 Å². The average molecular weight is 234 g/mol. The van der Waals surface area contributed by atoms with Gasteiger partial charge in [-0.05, 0) is 18.9 Å². The van der Waals surface area contributed by atoms with E-state index in [0.29, 0.717) is 23.9 Å². The first kappa shape index (κ1) is 12.1. The van der Waals surface area contributed by atoms with Gasteiger partial charge in [0.15, 0.2) is 0 Å². The van der Waals surface area contributed by atoms with Crippen molar-refractivity contribution in [3.63, 3.8) is 0 Å². The number of rotatable bonds is 3. The molecule has 0 aliphatic heterocycles. The number of benzene rings is 1. The smallest absolute Gasteiger partial charge is 0.128 e. The Morgan fingerprint density at radius 1 is 1.35 bits per heavy atom. The zero-order valence-electron chi connectivity index (χ0n) is 10.2. The topological polar surface area (TPSA) is 27.1 Å². The molecule has 2 rings (SSSR count). The van der Waals surface area contributed by atoms with Crippen LogP contribution < -0.4 is 0 Å². The van der Waals surface area contributed by atoms with E-state index in [1.807, 2.05) is 18.0 Å². The van der Waals surface area contributed by atoms with Gasteiger partial charge in [0.1, 0.15) is 5.82 Å². The molecule has 1 aliphatic carbocycles. The van der Waals surface area contributed by atoms with E-state index in [4.69, 9.17) is 5.41 Å².